The van der Waals surface area contributed by atoms with Crippen molar-refractivity contribution in [1.82, 2.24) is 29.1 Å². The van der Waals surface area contributed by atoms with Crippen LogP contribution in [-0.2, 0) is 16.9 Å². The molecule has 3 aromatic heterocycles. The minimum atomic E-state index is -4.75. The van der Waals surface area contributed by atoms with Gasteiger partial charge in [0.1, 0.15) is 17.8 Å². The van der Waals surface area contributed by atoms with E-state index < -0.39 is 31.1 Å². The minimum absolute atomic E-state index is 0.0480. The molecule has 3 N–H and O–H groups in total. The Morgan fingerprint density at radius 3 is 2.47 bits per heavy atom. The molecule has 0 radical (unpaired) electrons. The number of imidazole rings is 1. The van der Waals surface area contributed by atoms with Gasteiger partial charge in [-0.05, 0) is 26.0 Å². The van der Waals surface area contributed by atoms with Crippen molar-refractivity contribution in [2.24, 2.45) is 0 Å². The fourth-order valence-electron chi connectivity index (χ4n) is 3.33. The third kappa shape index (κ3) is 3.40. The van der Waals surface area contributed by atoms with Crippen LogP contribution in [0.2, 0.25) is 0 Å². The van der Waals surface area contributed by atoms with E-state index in [9.17, 15) is 32.3 Å². The molecule has 0 spiro atoms. The molecule has 0 fully saturated rings. The Labute approximate surface area is 165 Å². The highest BCUT2D eigenvalue weighted by atomic mass is 31.2. The minimum Gasteiger partial charge on any atom is -0.324 e. The van der Waals surface area contributed by atoms with E-state index in [0.29, 0.717) is 11.5 Å². The monoisotopic (exact) mass is 442 g/mol. The molecule has 1 aromatic carbocycles. The molecule has 0 unspecified atom stereocenters. The van der Waals surface area contributed by atoms with Crippen molar-refractivity contribution in [3.8, 4) is 5.69 Å². The lowest BCUT2D eigenvalue weighted by molar-refractivity contribution is -0.137. The maximum Gasteiger partial charge on any atom is 0.418 e. The van der Waals surface area contributed by atoms with Gasteiger partial charge in [0.15, 0.2) is 0 Å². The van der Waals surface area contributed by atoms with Gasteiger partial charge in [0.2, 0.25) is 5.65 Å². The number of fused-ring (bicyclic) bond motifs is 3. The van der Waals surface area contributed by atoms with Crippen molar-refractivity contribution in [3.63, 3.8) is 0 Å². The summed E-state index contributed by atoms with van der Waals surface area (Å²) >= 11 is 0. The Morgan fingerprint density at radius 2 is 1.90 bits per heavy atom. The predicted molar refractivity (Wildman–Crippen MR) is 98.5 cm³/mol. The predicted octanol–water partition coefficient (Wildman–Crippen LogP) is 2.07. The molecule has 0 amide bonds. The molecule has 4 aromatic rings. The van der Waals surface area contributed by atoms with Gasteiger partial charge in [0.25, 0.3) is 5.56 Å². The largest absolute Gasteiger partial charge is 0.418 e. The van der Waals surface area contributed by atoms with E-state index in [1.807, 2.05) is 0 Å². The number of halogens is 3. The molecule has 0 aliphatic carbocycles. The number of aryl methyl sites for hydroxylation is 2. The van der Waals surface area contributed by atoms with E-state index in [2.05, 4.69) is 20.2 Å². The van der Waals surface area contributed by atoms with Crippen molar-refractivity contribution in [3.05, 3.63) is 51.6 Å². The van der Waals surface area contributed by atoms with Crippen LogP contribution < -0.4 is 5.56 Å². The van der Waals surface area contributed by atoms with Crippen molar-refractivity contribution in [2.75, 3.05) is 0 Å². The smallest absolute Gasteiger partial charge is 0.324 e. The summed E-state index contributed by atoms with van der Waals surface area (Å²) in [5, 5.41) is 7.28. The van der Waals surface area contributed by atoms with Gasteiger partial charge in [-0.2, -0.15) is 13.2 Å². The second-order valence-electron chi connectivity index (χ2n) is 6.74. The van der Waals surface area contributed by atoms with Gasteiger partial charge in [0.05, 0.1) is 28.0 Å². The standard InChI is InChI=1S/C16H14F3N6O4P/c1-7-5-24(8(2)20-7)11-4-12-10(3-9(11)16(17,18)19)21-15(26)14-23-22-13(25(12)14)6-30(27,28)29/h3-5H,6H2,1-2H3,(H,21,26)(H2,27,28,29). The number of aromatic nitrogens is 6. The van der Waals surface area contributed by atoms with E-state index in [1.165, 1.54) is 17.7 Å². The maximum atomic E-state index is 13.8. The van der Waals surface area contributed by atoms with Crippen LogP contribution in [0, 0.1) is 13.8 Å². The second kappa shape index (κ2) is 6.49. The first-order valence-electron chi connectivity index (χ1n) is 8.44. The number of hydrogen-bond acceptors (Lipinski definition) is 5. The second-order valence-corrected chi connectivity index (χ2v) is 8.38. The Kier molecular flexibility index (Phi) is 4.38. The molecular weight excluding hydrogens is 428 g/mol. The maximum absolute atomic E-state index is 13.8. The molecule has 158 valence electrons. The van der Waals surface area contributed by atoms with E-state index in [0.717, 1.165) is 16.5 Å². The highest BCUT2D eigenvalue weighted by Crippen LogP contribution is 2.40. The molecule has 3 heterocycles. The summed E-state index contributed by atoms with van der Waals surface area (Å²) in [5.74, 6) is 0.0518. The van der Waals surface area contributed by atoms with Crippen LogP contribution in [0.3, 0.4) is 0 Å². The zero-order valence-corrected chi connectivity index (χ0v) is 16.4. The molecule has 0 bridgehead atoms. The van der Waals surface area contributed by atoms with E-state index >= 15 is 0 Å². The molecule has 0 aliphatic rings. The van der Waals surface area contributed by atoms with Gasteiger partial charge in [0, 0.05) is 6.20 Å². The van der Waals surface area contributed by atoms with Gasteiger partial charge in [-0.3, -0.25) is 13.8 Å². The molecule has 0 atom stereocenters. The number of alkyl halides is 3. The van der Waals surface area contributed by atoms with E-state index in [-0.39, 0.29) is 28.2 Å². The fourth-order valence-corrected chi connectivity index (χ4v) is 3.91. The van der Waals surface area contributed by atoms with Gasteiger partial charge in [-0.25, -0.2) is 4.98 Å². The van der Waals surface area contributed by atoms with Crippen molar-refractivity contribution in [2.45, 2.75) is 26.2 Å². The first-order valence-corrected chi connectivity index (χ1v) is 10.2. The van der Waals surface area contributed by atoms with Gasteiger partial charge in [-0.15, -0.1) is 10.2 Å². The lowest BCUT2D eigenvalue weighted by atomic mass is 10.1. The van der Waals surface area contributed by atoms with Crippen LogP contribution in [0.25, 0.3) is 22.4 Å². The highest BCUT2D eigenvalue weighted by Gasteiger charge is 2.35. The Morgan fingerprint density at radius 1 is 1.20 bits per heavy atom. The molecule has 0 saturated carbocycles. The summed E-state index contributed by atoms with van der Waals surface area (Å²) in [6, 6.07) is 1.92. The number of aromatic amines is 1. The van der Waals surface area contributed by atoms with Gasteiger partial charge < -0.3 is 19.3 Å². The molecule has 0 saturated heterocycles. The van der Waals surface area contributed by atoms with Crippen LogP contribution in [0.4, 0.5) is 13.2 Å². The number of rotatable bonds is 3. The van der Waals surface area contributed by atoms with Crippen LogP contribution in [-0.4, -0.2) is 38.9 Å². The Balaban J connectivity index is 2.15. The molecule has 14 heteroatoms. The zero-order chi connectivity index (χ0) is 22.0. The lowest BCUT2D eigenvalue weighted by Crippen LogP contribution is -2.16. The third-order valence-corrected chi connectivity index (χ3v) is 5.15. The normalized spacial score (nSPS) is 12.9. The summed E-state index contributed by atoms with van der Waals surface area (Å²) < 4.78 is 55.1. The average molecular weight is 442 g/mol. The number of nitrogens with zero attached hydrogens (tertiary/aromatic N) is 5. The van der Waals surface area contributed by atoms with Gasteiger partial charge >= 0.3 is 13.8 Å². The fraction of sp³-hybridized carbons (Fsp3) is 0.250. The summed E-state index contributed by atoms with van der Waals surface area (Å²) in [7, 11) is -4.59. The molecular formula is C16H14F3N6O4P. The lowest BCUT2D eigenvalue weighted by Gasteiger charge is -2.16. The first kappa shape index (κ1) is 20.3. The van der Waals surface area contributed by atoms with Crippen LogP contribution >= 0.6 is 7.60 Å². The third-order valence-electron chi connectivity index (χ3n) is 4.45. The highest BCUT2D eigenvalue weighted by molar-refractivity contribution is 7.50. The van der Waals surface area contributed by atoms with Crippen molar-refractivity contribution < 1.29 is 27.5 Å². The number of hydrogen-bond donors (Lipinski definition) is 3. The SMILES string of the molecule is Cc1cn(-c2cc3c(cc2C(F)(F)F)[nH]c(=O)c2nnc(CP(=O)(O)O)n23)c(C)n1. The molecule has 4 rings (SSSR count). The molecule has 0 aliphatic heterocycles. The van der Waals surface area contributed by atoms with Crippen molar-refractivity contribution in [1.29, 1.82) is 0 Å². The van der Waals surface area contributed by atoms with Crippen LogP contribution in [0.5, 0.6) is 0 Å². The van der Waals surface area contributed by atoms with Gasteiger partial charge in [-0.1, -0.05) is 0 Å². The number of nitrogens with one attached hydrogen (secondary N) is 1. The number of H-pyrrole nitrogens is 1. The average Bonchev–Trinajstić information content (AvgIpc) is 3.15. The van der Waals surface area contributed by atoms with E-state index in [4.69, 9.17) is 0 Å². The van der Waals surface area contributed by atoms with Crippen molar-refractivity contribution >= 4 is 24.3 Å². The summed E-state index contributed by atoms with van der Waals surface area (Å²) in [6.45, 7) is 3.17. The zero-order valence-electron chi connectivity index (χ0n) is 15.5. The quantitative estimate of drug-likeness (QED) is 0.413. The Hall–Kier alpha value is -3.02. The first-order chi connectivity index (χ1) is 13.8. The summed E-state index contributed by atoms with van der Waals surface area (Å²) in [4.78, 5) is 37.3. The van der Waals surface area contributed by atoms with Crippen LogP contribution in [0.15, 0.2) is 23.1 Å². The van der Waals surface area contributed by atoms with E-state index in [1.54, 1.807) is 6.92 Å². The number of benzene rings is 1. The van der Waals surface area contributed by atoms with Crippen LogP contribution in [0.1, 0.15) is 22.9 Å². The summed E-state index contributed by atoms with van der Waals surface area (Å²) in [6.07, 6.45) is -4.16. The topological polar surface area (TPSA) is 138 Å². The Bertz CT molecular complexity index is 1410. The summed E-state index contributed by atoms with van der Waals surface area (Å²) in [5.41, 5.74) is -2.07. The molecule has 30 heavy (non-hydrogen) atoms. The molecule has 10 nitrogen and oxygen atoms in total.